The molecular formula is C20H23N3O3S. The quantitative estimate of drug-likeness (QED) is 0.481. The van der Waals surface area contributed by atoms with Gasteiger partial charge in [-0.2, -0.15) is 0 Å². The first-order chi connectivity index (χ1) is 13.1. The van der Waals surface area contributed by atoms with Gasteiger partial charge >= 0.3 is 0 Å². The molecule has 0 saturated carbocycles. The Morgan fingerprint density at radius 3 is 2.59 bits per heavy atom. The van der Waals surface area contributed by atoms with E-state index >= 15 is 0 Å². The Morgan fingerprint density at radius 2 is 1.85 bits per heavy atom. The predicted molar refractivity (Wildman–Crippen MR) is 110 cm³/mol. The second-order valence-electron chi connectivity index (χ2n) is 5.82. The van der Waals surface area contributed by atoms with Crippen LogP contribution in [0.2, 0.25) is 0 Å². The lowest BCUT2D eigenvalue weighted by Gasteiger charge is -2.11. The lowest BCUT2D eigenvalue weighted by Crippen LogP contribution is -2.34. The van der Waals surface area contributed by atoms with Crippen molar-refractivity contribution in [3.05, 3.63) is 65.7 Å². The summed E-state index contributed by atoms with van der Waals surface area (Å²) in [4.78, 5) is 24.1. The SMILES string of the molecule is COCCNC(=O)c1cccc(NC(=S)NC(=O)CCc2ccccc2)c1. The molecule has 0 spiro atoms. The molecule has 2 aromatic rings. The van der Waals surface area contributed by atoms with Crippen LogP contribution in [0.3, 0.4) is 0 Å². The number of aryl methyl sites for hydroxylation is 1. The van der Waals surface area contributed by atoms with Gasteiger partial charge in [0.15, 0.2) is 5.11 Å². The number of hydrogen-bond acceptors (Lipinski definition) is 4. The van der Waals surface area contributed by atoms with Crippen LogP contribution < -0.4 is 16.0 Å². The van der Waals surface area contributed by atoms with E-state index in [0.29, 0.717) is 37.2 Å². The molecule has 0 aliphatic rings. The number of carbonyl (C=O) groups is 2. The second kappa shape index (κ2) is 11.1. The Kier molecular flexibility index (Phi) is 8.41. The highest BCUT2D eigenvalue weighted by molar-refractivity contribution is 7.80. The van der Waals surface area contributed by atoms with Gasteiger partial charge < -0.3 is 20.7 Å². The van der Waals surface area contributed by atoms with Gasteiger partial charge in [-0.15, -0.1) is 0 Å². The van der Waals surface area contributed by atoms with Crippen molar-refractivity contribution in [2.75, 3.05) is 25.6 Å². The van der Waals surface area contributed by atoms with E-state index in [1.54, 1.807) is 31.4 Å². The van der Waals surface area contributed by atoms with E-state index in [1.807, 2.05) is 30.3 Å². The molecule has 0 radical (unpaired) electrons. The molecule has 27 heavy (non-hydrogen) atoms. The van der Waals surface area contributed by atoms with Gasteiger partial charge in [-0.05, 0) is 42.4 Å². The summed E-state index contributed by atoms with van der Waals surface area (Å²) in [6.07, 6.45) is 0.986. The highest BCUT2D eigenvalue weighted by Crippen LogP contribution is 2.10. The van der Waals surface area contributed by atoms with E-state index in [0.717, 1.165) is 5.56 Å². The van der Waals surface area contributed by atoms with Crippen LogP contribution in [0.4, 0.5) is 5.69 Å². The minimum Gasteiger partial charge on any atom is -0.383 e. The van der Waals surface area contributed by atoms with Crippen LogP contribution in [0.1, 0.15) is 22.3 Å². The number of rotatable bonds is 8. The smallest absolute Gasteiger partial charge is 0.251 e. The molecule has 0 heterocycles. The van der Waals surface area contributed by atoms with Crippen LogP contribution in [-0.4, -0.2) is 37.2 Å². The summed E-state index contributed by atoms with van der Waals surface area (Å²) in [6.45, 7) is 0.881. The summed E-state index contributed by atoms with van der Waals surface area (Å²) in [5, 5.41) is 8.53. The molecule has 0 aliphatic carbocycles. The Bertz CT molecular complexity index is 781. The first kappa shape index (κ1) is 20.5. The van der Waals surface area contributed by atoms with Gasteiger partial charge in [0.1, 0.15) is 0 Å². The number of amides is 2. The van der Waals surface area contributed by atoms with Crippen LogP contribution in [0.15, 0.2) is 54.6 Å². The summed E-state index contributed by atoms with van der Waals surface area (Å²) >= 11 is 5.18. The molecule has 0 fully saturated rings. The maximum Gasteiger partial charge on any atom is 0.251 e. The topological polar surface area (TPSA) is 79.5 Å². The van der Waals surface area contributed by atoms with Gasteiger partial charge in [-0.1, -0.05) is 36.4 Å². The van der Waals surface area contributed by atoms with E-state index in [9.17, 15) is 9.59 Å². The number of carbonyl (C=O) groups excluding carboxylic acids is 2. The molecular weight excluding hydrogens is 362 g/mol. The first-order valence-corrected chi connectivity index (χ1v) is 9.01. The van der Waals surface area contributed by atoms with Crippen molar-refractivity contribution in [3.63, 3.8) is 0 Å². The lowest BCUT2D eigenvalue weighted by molar-refractivity contribution is -0.119. The lowest BCUT2D eigenvalue weighted by atomic mass is 10.1. The number of benzene rings is 2. The summed E-state index contributed by atoms with van der Waals surface area (Å²) in [7, 11) is 1.58. The van der Waals surface area contributed by atoms with Crippen molar-refractivity contribution in [1.82, 2.24) is 10.6 Å². The fourth-order valence-corrected chi connectivity index (χ4v) is 2.59. The van der Waals surface area contributed by atoms with Crippen molar-refractivity contribution in [3.8, 4) is 0 Å². The molecule has 0 aliphatic heterocycles. The molecule has 0 bridgehead atoms. The third-order valence-electron chi connectivity index (χ3n) is 3.71. The van der Waals surface area contributed by atoms with Gasteiger partial charge in [0.2, 0.25) is 5.91 Å². The van der Waals surface area contributed by atoms with E-state index in [4.69, 9.17) is 17.0 Å². The van der Waals surface area contributed by atoms with Crippen LogP contribution in [-0.2, 0) is 16.0 Å². The van der Waals surface area contributed by atoms with Crippen LogP contribution in [0.5, 0.6) is 0 Å². The molecule has 0 atom stereocenters. The van der Waals surface area contributed by atoms with Crippen LogP contribution in [0, 0.1) is 0 Å². The zero-order chi connectivity index (χ0) is 19.5. The number of hydrogen-bond donors (Lipinski definition) is 3. The van der Waals surface area contributed by atoms with Gasteiger partial charge in [-0.3, -0.25) is 9.59 Å². The summed E-state index contributed by atoms with van der Waals surface area (Å²) in [6, 6.07) is 16.7. The van der Waals surface area contributed by atoms with Gasteiger partial charge in [0.25, 0.3) is 5.91 Å². The van der Waals surface area contributed by atoms with Crippen LogP contribution >= 0.6 is 12.2 Å². The number of thiocarbonyl (C=S) groups is 1. The predicted octanol–water partition coefficient (Wildman–Crippen LogP) is 2.51. The monoisotopic (exact) mass is 385 g/mol. The van der Waals surface area contributed by atoms with Crippen molar-refractivity contribution < 1.29 is 14.3 Å². The Balaban J connectivity index is 1.81. The minimum absolute atomic E-state index is 0.162. The molecule has 2 rings (SSSR count). The van der Waals surface area contributed by atoms with Crippen LogP contribution in [0.25, 0.3) is 0 Å². The first-order valence-electron chi connectivity index (χ1n) is 8.60. The third kappa shape index (κ3) is 7.55. The molecule has 2 aromatic carbocycles. The number of anilines is 1. The summed E-state index contributed by atoms with van der Waals surface area (Å²) in [5.74, 6) is -0.363. The zero-order valence-electron chi connectivity index (χ0n) is 15.2. The van der Waals surface area contributed by atoms with E-state index < -0.39 is 0 Å². The van der Waals surface area contributed by atoms with Crippen molar-refractivity contribution in [2.24, 2.45) is 0 Å². The molecule has 142 valence electrons. The molecule has 0 unspecified atom stereocenters. The van der Waals surface area contributed by atoms with Crippen molar-refractivity contribution in [1.29, 1.82) is 0 Å². The largest absolute Gasteiger partial charge is 0.383 e. The van der Waals surface area contributed by atoms with Gasteiger partial charge in [0.05, 0.1) is 6.61 Å². The molecule has 7 heteroatoms. The Hall–Kier alpha value is -2.77. The normalized spacial score (nSPS) is 10.1. The summed E-state index contributed by atoms with van der Waals surface area (Å²) in [5.41, 5.74) is 2.22. The maximum atomic E-state index is 12.1. The average molecular weight is 385 g/mol. The summed E-state index contributed by atoms with van der Waals surface area (Å²) < 4.78 is 4.91. The average Bonchev–Trinajstić information content (AvgIpc) is 2.67. The number of methoxy groups -OCH3 is 1. The highest BCUT2D eigenvalue weighted by atomic mass is 32.1. The minimum atomic E-state index is -0.200. The molecule has 2 amide bonds. The van der Waals surface area contributed by atoms with E-state index in [2.05, 4.69) is 16.0 Å². The Morgan fingerprint density at radius 1 is 1.07 bits per heavy atom. The fraction of sp³-hybridized carbons (Fsp3) is 0.250. The molecule has 0 aromatic heterocycles. The van der Waals surface area contributed by atoms with E-state index in [1.165, 1.54) is 0 Å². The number of nitrogens with one attached hydrogen (secondary N) is 3. The molecule has 6 nitrogen and oxygen atoms in total. The zero-order valence-corrected chi connectivity index (χ0v) is 16.0. The fourth-order valence-electron chi connectivity index (χ4n) is 2.36. The second-order valence-corrected chi connectivity index (χ2v) is 6.23. The number of ether oxygens (including phenoxy) is 1. The standard InChI is InChI=1S/C20H23N3O3S/c1-26-13-12-21-19(25)16-8-5-9-17(14-16)22-20(27)23-18(24)11-10-15-6-3-2-4-7-15/h2-9,14H,10-13H2,1H3,(H,21,25)(H2,22,23,24,27). The van der Waals surface area contributed by atoms with Crippen molar-refractivity contribution in [2.45, 2.75) is 12.8 Å². The third-order valence-corrected chi connectivity index (χ3v) is 3.92. The molecule has 3 N–H and O–H groups in total. The van der Waals surface area contributed by atoms with Gasteiger partial charge in [-0.25, -0.2) is 0 Å². The highest BCUT2D eigenvalue weighted by Gasteiger charge is 2.08. The maximum absolute atomic E-state index is 12.1. The van der Waals surface area contributed by atoms with Crippen molar-refractivity contribution >= 4 is 34.8 Å². The Labute approximate surface area is 164 Å². The molecule has 0 saturated heterocycles. The van der Waals surface area contributed by atoms with E-state index in [-0.39, 0.29) is 16.9 Å². The van der Waals surface area contributed by atoms with Gasteiger partial charge in [0, 0.05) is 31.3 Å².